The fourth-order valence-electron chi connectivity index (χ4n) is 2.97. The van der Waals surface area contributed by atoms with Gasteiger partial charge in [0.2, 0.25) is 5.91 Å². The summed E-state index contributed by atoms with van der Waals surface area (Å²) in [5.74, 6) is 0.0628. The molecule has 0 bridgehead atoms. The van der Waals surface area contributed by atoms with Crippen LogP contribution in [0.15, 0.2) is 0 Å². The molecule has 0 spiro atoms. The molecule has 1 saturated heterocycles. The molecule has 5 nitrogen and oxygen atoms in total. The van der Waals surface area contributed by atoms with E-state index in [0.29, 0.717) is 6.54 Å². The van der Waals surface area contributed by atoms with Crippen molar-refractivity contribution in [3.8, 4) is 0 Å². The summed E-state index contributed by atoms with van der Waals surface area (Å²) in [4.78, 5) is 14.2. The second-order valence-electron chi connectivity index (χ2n) is 5.57. The van der Waals surface area contributed by atoms with Crippen LogP contribution in [0.5, 0.6) is 0 Å². The molecule has 0 radical (unpaired) electrons. The number of nitrogens with one attached hydrogen (secondary N) is 2. The minimum absolute atomic E-state index is 0.0628. The van der Waals surface area contributed by atoms with Gasteiger partial charge in [-0.25, -0.2) is 0 Å². The summed E-state index contributed by atoms with van der Waals surface area (Å²) in [7, 11) is 0. The van der Waals surface area contributed by atoms with E-state index < -0.39 is 0 Å². The Morgan fingerprint density at radius 1 is 1.22 bits per heavy atom. The number of nitrogens with zero attached hydrogens (tertiary/aromatic N) is 1. The molecule has 0 aromatic carbocycles. The van der Waals surface area contributed by atoms with Crippen LogP contribution in [0.2, 0.25) is 0 Å². The monoisotopic (exact) mass is 255 g/mol. The average Bonchev–Trinajstić information content (AvgIpc) is 2.67. The molecular weight excluding hydrogens is 230 g/mol. The molecule has 0 aromatic rings. The highest BCUT2D eigenvalue weighted by atomic mass is 16.3. The lowest BCUT2D eigenvalue weighted by Crippen LogP contribution is -2.52. The lowest BCUT2D eigenvalue weighted by molar-refractivity contribution is -0.124. The van der Waals surface area contributed by atoms with Crippen LogP contribution in [-0.4, -0.2) is 60.8 Å². The summed E-state index contributed by atoms with van der Waals surface area (Å²) < 4.78 is 0. The minimum Gasteiger partial charge on any atom is -0.394 e. The standard InChI is InChI=1S/C13H25N3O2/c17-11-13(4-1-2-5-13)15-12(18)10-16-8-3-6-14-7-9-16/h14,17H,1-11H2,(H,15,18). The fraction of sp³-hybridized carbons (Fsp3) is 0.923. The maximum Gasteiger partial charge on any atom is 0.234 e. The number of hydrogen-bond donors (Lipinski definition) is 3. The molecule has 104 valence electrons. The largest absolute Gasteiger partial charge is 0.394 e. The molecule has 5 heteroatoms. The van der Waals surface area contributed by atoms with Gasteiger partial charge in [-0.15, -0.1) is 0 Å². The lowest BCUT2D eigenvalue weighted by Gasteiger charge is -2.29. The maximum atomic E-state index is 12.1. The van der Waals surface area contributed by atoms with Gasteiger partial charge < -0.3 is 15.7 Å². The van der Waals surface area contributed by atoms with E-state index in [4.69, 9.17) is 0 Å². The van der Waals surface area contributed by atoms with Crippen molar-refractivity contribution in [3.63, 3.8) is 0 Å². The molecule has 18 heavy (non-hydrogen) atoms. The Balaban J connectivity index is 1.80. The van der Waals surface area contributed by atoms with Crippen molar-refractivity contribution < 1.29 is 9.90 Å². The van der Waals surface area contributed by atoms with Crippen molar-refractivity contribution in [2.75, 3.05) is 39.3 Å². The van der Waals surface area contributed by atoms with Gasteiger partial charge in [-0.2, -0.15) is 0 Å². The number of aliphatic hydroxyl groups is 1. The Kier molecular flexibility index (Phi) is 4.97. The van der Waals surface area contributed by atoms with E-state index >= 15 is 0 Å². The van der Waals surface area contributed by atoms with Crippen molar-refractivity contribution in [1.29, 1.82) is 0 Å². The Morgan fingerprint density at radius 2 is 2.00 bits per heavy atom. The van der Waals surface area contributed by atoms with Crippen LogP contribution in [0.1, 0.15) is 32.1 Å². The Hall–Kier alpha value is -0.650. The summed E-state index contributed by atoms with van der Waals surface area (Å²) in [6.07, 6.45) is 5.13. The van der Waals surface area contributed by atoms with Crippen LogP contribution in [0.25, 0.3) is 0 Å². The highest BCUT2D eigenvalue weighted by Gasteiger charge is 2.34. The number of carbonyl (C=O) groups excluding carboxylic acids is 1. The average molecular weight is 255 g/mol. The molecule has 0 unspecified atom stereocenters. The molecular formula is C13H25N3O2. The second kappa shape index (κ2) is 6.50. The van der Waals surface area contributed by atoms with Gasteiger partial charge in [-0.1, -0.05) is 12.8 Å². The Bertz CT molecular complexity index is 269. The highest BCUT2D eigenvalue weighted by molar-refractivity contribution is 5.79. The van der Waals surface area contributed by atoms with Gasteiger partial charge in [0.25, 0.3) is 0 Å². The second-order valence-corrected chi connectivity index (χ2v) is 5.57. The maximum absolute atomic E-state index is 12.1. The third-order valence-corrected chi connectivity index (χ3v) is 4.07. The lowest BCUT2D eigenvalue weighted by atomic mass is 9.99. The third-order valence-electron chi connectivity index (χ3n) is 4.07. The van der Waals surface area contributed by atoms with Crippen LogP contribution in [-0.2, 0) is 4.79 Å². The SMILES string of the molecule is O=C(CN1CCCNCC1)NC1(CO)CCCC1. The normalized spacial score (nSPS) is 24.7. The van der Waals surface area contributed by atoms with Crippen LogP contribution in [0.4, 0.5) is 0 Å². The zero-order valence-electron chi connectivity index (χ0n) is 11.1. The van der Waals surface area contributed by atoms with Gasteiger partial charge in [0, 0.05) is 13.1 Å². The smallest absolute Gasteiger partial charge is 0.234 e. The highest BCUT2D eigenvalue weighted by Crippen LogP contribution is 2.28. The number of hydrogen-bond acceptors (Lipinski definition) is 4. The van der Waals surface area contributed by atoms with Gasteiger partial charge in [0.05, 0.1) is 18.7 Å². The van der Waals surface area contributed by atoms with E-state index in [2.05, 4.69) is 15.5 Å². The van der Waals surface area contributed by atoms with Crippen molar-refractivity contribution in [3.05, 3.63) is 0 Å². The van der Waals surface area contributed by atoms with Crippen LogP contribution >= 0.6 is 0 Å². The number of amides is 1. The zero-order chi connectivity index (χ0) is 12.8. The van der Waals surface area contributed by atoms with Gasteiger partial charge in [-0.05, 0) is 32.4 Å². The number of carbonyl (C=O) groups is 1. The predicted octanol–water partition coefficient (Wildman–Crippen LogP) is -0.297. The first kappa shape index (κ1) is 13.8. The number of aliphatic hydroxyl groups excluding tert-OH is 1. The van der Waals surface area contributed by atoms with E-state index in [0.717, 1.165) is 58.3 Å². The van der Waals surface area contributed by atoms with E-state index in [1.54, 1.807) is 0 Å². The summed E-state index contributed by atoms with van der Waals surface area (Å²) in [5, 5.41) is 15.9. The van der Waals surface area contributed by atoms with Gasteiger partial charge in [0.15, 0.2) is 0 Å². The molecule has 0 atom stereocenters. The van der Waals surface area contributed by atoms with Gasteiger partial charge >= 0.3 is 0 Å². The first-order valence-corrected chi connectivity index (χ1v) is 7.09. The molecule has 1 aliphatic heterocycles. The first-order chi connectivity index (χ1) is 8.74. The van der Waals surface area contributed by atoms with Crippen molar-refractivity contribution in [2.45, 2.75) is 37.6 Å². The third kappa shape index (κ3) is 3.67. The summed E-state index contributed by atoms with van der Waals surface area (Å²) in [6.45, 7) is 4.44. The fourth-order valence-corrected chi connectivity index (χ4v) is 2.97. The van der Waals surface area contributed by atoms with E-state index in [1.807, 2.05) is 0 Å². The Labute approximate surface area is 109 Å². The van der Waals surface area contributed by atoms with E-state index in [-0.39, 0.29) is 18.1 Å². The summed E-state index contributed by atoms with van der Waals surface area (Å²) in [5.41, 5.74) is -0.332. The topological polar surface area (TPSA) is 64.6 Å². The predicted molar refractivity (Wildman–Crippen MR) is 70.4 cm³/mol. The van der Waals surface area contributed by atoms with E-state index in [1.165, 1.54) is 0 Å². The summed E-state index contributed by atoms with van der Waals surface area (Å²) in [6, 6.07) is 0. The van der Waals surface area contributed by atoms with Crippen molar-refractivity contribution in [2.24, 2.45) is 0 Å². The molecule has 0 aromatic heterocycles. The van der Waals surface area contributed by atoms with Crippen molar-refractivity contribution in [1.82, 2.24) is 15.5 Å². The van der Waals surface area contributed by atoms with Gasteiger partial charge in [-0.3, -0.25) is 9.69 Å². The molecule has 2 fully saturated rings. The molecule has 1 aliphatic carbocycles. The summed E-state index contributed by atoms with van der Waals surface area (Å²) >= 11 is 0. The first-order valence-electron chi connectivity index (χ1n) is 7.09. The van der Waals surface area contributed by atoms with E-state index in [9.17, 15) is 9.90 Å². The molecule has 1 amide bonds. The molecule has 1 saturated carbocycles. The minimum atomic E-state index is -0.332. The van der Waals surface area contributed by atoms with Crippen LogP contribution in [0.3, 0.4) is 0 Å². The quantitative estimate of drug-likeness (QED) is 0.645. The number of rotatable bonds is 4. The molecule has 3 N–H and O–H groups in total. The van der Waals surface area contributed by atoms with Gasteiger partial charge in [0.1, 0.15) is 0 Å². The molecule has 2 aliphatic rings. The van der Waals surface area contributed by atoms with Crippen LogP contribution < -0.4 is 10.6 Å². The van der Waals surface area contributed by atoms with Crippen molar-refractivity contribution >= 4 is 5.91 Å². The zero-order valence-corrected chi connectivity index (χ0v) is 11.1. The molecule has 2 rings (SSSR count). The molecule has 1 heterocycles. The van der Waals surface area contributed by atoms with Crippen LogP contribution in [0, 0.1) is 0 Å². The Morgan fingerprint density at radius 3 is 2.72 bits per heavy atom.